The van der Waals surface area contributed by atoms with Crippen molar-refractivity contribution in [3.63, 3.8) is 0 Å². The minimum Gasteiger partial charge on any atom is -0.307 e. The molecule has 6 heteroatoms. The number of aryl methyl sites for hydroxylation is 2. The van der Waals surface area contributed by atoms with Crippen molar-refractivity contribution >= 4 is 33.1 Å². The van der Waals surface area contributed by atoms with E-state index in [4.69, 9.17) is 0 Å². The van der Waals surface area contributed by atoms with Crippen molar-refractivity contribution in [1.29, 1.82) is 0 Å². The highest BCUT2D eigenvalue weighted by Crippen LogP contribution is 2.33. The van der Waals surface area contributed by atoms with Gasteiger partial charge in [-0.15, -0.1) is 11.3 Å². The third-order valence-electron chi connectivity index (χ3n) is 5.97. The van der Waals surface area contributed by atoms with Crippen LogP contribution in [0.15, 0.2) is 35.4 Å². The molecule has 1 aromatic carbocycles. The van der Waals surface area contributed by atoms with Gasteiger partial charge in [0.1, 0.15) is 11.4 Å². The van der Waals surface area contributed by atoms with Gasteiger partial charge >= 0.3 is 0 Å². The molecule has 144 valence electrons. The first-order valence-electron chi connectivity index (χ1n) is 10.0. The Morgan fingerprint density at radius 2 is 2.04 bits per heavy atom. The number of hydrogen-bond donors (Lipinski definition) is 0. The van der Waals surface area contributed by atoms with Crippen LogP contribution < -0.4 is 10.5 Å². The number of thiophene rings is 1. The lowest BCUT2D eigenvalue weighted by Crippen LogP contribution is -2.40. The number of carbonyl (C=O) groups is 1. The zero-order valence-corrected chi connectivity index (χ0v) is 16.8. The molecule has 1 atom stereocenters. The summed E-state index contributed by atoms with van der Waals surface area (Å²) < 4.78 is 1.50. The van der Waals surface area contributed by atoms with Crippen LogP contribution in [0, 0.1) is 0 Å². The van der Waals surface area contributed by atoms with Crippen molar-refractivity contribution in [2.24, 2.45) is 0 Å². The molecule has 0 unspecified atom stereocenters. The van der Waals surface area contributed by atoms with Crippen LogP contribution in [0.2, 0.25) is 0 Å². The number of rotatable bonds is 2. The Labute approximate surface area is 167 Å². The van der Waals surface area contributed by atoms with Crippen LogP contribution in [-0.4, -0.2) is 21.5 Å². The van der Waals surface area contributed by atoms with E-state index in [9.17, 15) is 9.59 Å². The molecule has 1 aliphatic carbocycles. The van der Waals surface area contributed by atoms with Crippen LogP contribution in [0.3, 0.4) is 0 Å². The molecule has 0 saturated carbocycles. The number of aromatic nitrogens is 2. The Kier molecular flexibility index (Phi) is 4.31. The van der Waals surface area contributed by atoms with Gasteiger partial charge in [-0.25, -0.2) is 4.98 Å². The summed E-state index contributed by atoms with van der Waals surface area (Å²) in [5.41, 5.74) is 3.26. The van der Waals surface area contributed by atoms with E-state index in [2.05, 4.69) is 18.0 Å². The van der Waals surface area contributed by atoms with Crippen molar-refractivity contribution in [2.75, 3.05) is 4.90 Å². The van der Waals surface area contributed by atoms with Gasteiger partial charge in [-0.05, 0) is 56.2 Å². The summed E-state index contributed by atoms with van der Waals surface area (Å²) in [6.45, 7) is 2.09. The summed E-state index contributed by atoms with van der Waals surface area (Å²) in [5.74, 6) is -0.0537. The molecule has 2 aromatic heterocycles. The minimum absolute atomic E-state index is 0.0328. The zero-order chi connectivity index (χ0) is 19.3. The van der Waals surface area contributed by atoms with Gasteiger partial charge in [-0.1, -0.05) is 24.6 Å². The van der Waals surface area contributed by atoms with Crippen molar-refractivity contribution in [3.8, 4) is 0 Å². The molecule has 0 bridgehead atoms. The normalized spacial score (nSPS) is 18.8. The van der Waals surface area contributed by atoms with Crippen molar-refractivity contribution < 1.29 is 4.79 Å². The largest absolute Gasteiger partial charge is 0.307 e. The highest BCUT2D eigenvalue weighted by Gasteiger charge is 2.31. The minimum atomic E-state index is -0.0714. The fourth-order valence-corrected chi connectivity index (χ4v) is 5.86. The highest BCUT2D eigenvalue weighted by atomic mass is 32.1. The number of benzene rings is 1. The van der Waals surface area contributed by atoms with Crippen LogP contribution in [0.5, 0.6) is 0 Å². The summed E-state index contributed by atoms with van der Waals surface area (Å²) in [5, 5.41) is 0.743. The number of fused-ring (bicyclic) bond motifs is 4. The van der Waals surface area contributed by atoms with Crippen LogP contribution in [0.1, 0.15) is 42.2 Å². The number of para-hydroxylation sites is 1. The highest BCUT2D eigenvalue weighted by molar-refractivity contribution is 7.18. The van der Waals surface area contributed by atoms with Gasteiger partial charge in [0.2, 0.25) is 5.91 Å². The first-order chi connectivity index (χ1) is 13.6. The predicted molar refractivity (Wildman–Crippen MR) is 112 cm³/mol. The van der Waals surface area contributed by atoms with Gasteiger partial charge in [-0.3, -0.25) is 14.2 Å². The molecule has 1 amide bonds. The summed E-state index contributed by atoms with van der Waals surface area (Å²) in [4.78, 5) is 34.8. The van der Waals surface area contributed by atoms with E-state index in [1.807, 2.05) is 23.1 Å². The Bertz CT molecular complexity index is 1130. The fourth-order valence-electron chi connectivity index (χ4n) is 4.64. The number of carbonyl (C=O) groups excluding carboxylic acids is 1. The lowest BCUT2D eigenvalue weighted by Gasteiger charge is -2.23. The average molecular weight is 394 g/mol. The molecule has 3 heterocycles. The van der Waals surface area contributed by atoms with E-state index in [1.165, 1.54) is 33.4 Å². The molecular weight excluding hydrogens is 370 g/mol. The molecule has 1 aliphatic heterocycles. The lowest BCUT2D eigenvalue weighted by atomic mass is 10.1. The Hall–Kier alpha value is -2.47. The van der Waals surface area contributed by atoms with Gasteiger partial charge in [0, 0.05) is 16.6 Å². The maximum absolute atomic E-state index is 13.2. The Balaban J connectivity index is 1.50. The first kappa shape index (κ1) is 17.6. The second-order valence-corrected chi connectivity index (χ2v) is 8.95. The van der Waals surface area contributed by atoms with E-state index >= 15 is 0 Å². The second kappa shape index (κ2) is 6.85. The van der Waals surface area contributed by atoms with E-state index in [0.29, 0.717) is 0 Å². The SMILES string of the molecule is C[C@@H]1Cc2ccccc2N1C(=O)Cn1cnc2sc3c(c2c1=O)CCCCC3. The van der Waals surface area contributed by atoms with E-state index in [-0.39, 0.29) is 24.1 Å². The number of nitrogens with zero attached hydrogens (tertiary/aromatic N) is 3. The smallest absolute Gasteiger partial charge is 0.262 e. The summed E-state index contributed by atoms with van der Waals surface area (Å²) >= 11 is 1.65. The first-order valence-corrected chi connectivity index (χ1v) is 10.8. The van der Waals surface area contributed by atoms with E-state index < -0.39 is 0 Å². The number of amides is 1. The molecule has 2 aliphatic rings. The third kappa shape index (κ3) is 2.78. The molecular formula is C22H23N3O2S. The quantitative estimate of drug-likeness (QED) is 0.624. The second-order valence-electron chi connectivity index (χ2n) is 7.87. The zero-order valence-electron chi connectivity index (χ0n) is 16.0. The van der Waals surface area contributed by atoms with Gasteiger partial charge in [0.25, 0.3) is 5.56 Å². The third-order valence-corrected chi connectivity index (χ3v) is 7.17. The van der Waals surface area contributed by atoms with Crippen molar-refractivity contribution in [1.82, 2.24) is 9.55 Å². The number of hydrogen-bond acceptors (Lipinski definition) is 4. The molecule has 3 aromatic rings. The van der Waals surface area contributed by atoms with Gasteiger partial charge in [-0.2, -0.15) is 0 Å². The molecule has 0 saturated heterocycles. The van der Waals surface area contributed by atoms with Crippen molar-refractivity contribution in [2.45, 2.75) is 58.0 Å². The van der Waals surface area contributed by atoms with Gasteiger partial charge in [0.05, 0.1) is 11.7 Å². The van der Waals surface area contributed by atoms with Crippen molar-refractivity contribution in [3.05, 3.63) is 57.0 Å². The van der Waals surface area contributed by atoms with Crippen LogP contribution >= 0.6 is 11.3 Å². The maximum Gasteiger partial charge on any atom is 0.262 e. The van der Waals surface area contributed by atoms with Crippen LogP contribution in [0.25, 0.3) is 10.2 Å². The van der Waals surface area contributed by atoms with Gasteiger partial charge < -0.3 is 4.90 Å². The molecule has 5 rings (SSSR count). The molecule has 28 heavy (non-hydrogen) atoms. The van der Waals surface area contributed by atoms with E-state index in [1.54, 1.807) is 17.7 Å². The fraction of sp³-hybridized carbons (Fsp3) is 0.409. The summed E-state index contributed by atoms with van der Waals surface area (Å²) in [7, 11) is 0. The van der Waals surface area contributed by atoms with Crippen LogP contribution in [0.4, 0.5) is 5.69 Å². The number of anilines is 1. The molecule has 5 nitrogen and oxygen atoms in total. The lowest BCUT2D eigenvalue weighted by molar-refractivity contribution is -0.119. The summed E-state index contributed by atoms with van der Waals surface area (Å²) in [6, 6.07) is 8.12. The Morgan fingerprint density at radius 3 is 2.93 bits per heavy atom. The Morgan fingerprint density at radius 1 is 1.21 bits per heavy atom. The average Bonchev–Trinajstić information content (AvgIpc) is 3.12. The molecule has 0 fully saturated rings. The molecule has 0 radical (unpaired) electrons. The van der Waals surface area contributed by atoms with Crippen LogP contribution in [-0.2, 0) is 30.6 Å². The maximum atomic E-state index is 13.2. The monoisotopic (exact) mass is 393 g/mol. The molecule has 0 N–H and O–H groups in total. The molecule has 0 spiro atoms. The summed E-state index contributed by atoms with van der Waals surface area (Å²) in [6.07, 6.45) is 7.89. The predicted octanol–water partition coefficient (Wildman–Crippen LogP) is 3.70. The van der Waals surface area contributed by atoms with Gasteiger partial charge in [0.15, 0.2) is 0 Å². The standard InChI is InChI=1S/C22H23N3O2S/c1-14-11-15-7-5-6-9-17(15)25(14)19(26)12-24-13-23-21-20(22(24)27)16-8-3-2-4-10-18(16)28-21/h5-7,9,13-14H,2-4,8,10-12H2,1H3/t14-/m1/s1. The van der Waals surface area contributed by atoms with E-state index in [0.717, 1.165) is 41.6 Å². The topological polar surface area (TPSA) is 55.2 Å².